The summed E-state index contributed by atoms with van der Waals surface area (Å²) < 4.78 is 44.6. The highest BCUT2D eigenvalue weighted by Crippen LogP contribution is 2.39. The highest BCUT2D eigenvalue weighted by Gasteiger charge is 2.43. The van der Waals surface area contributed by atoms with E-state index in [0.29, 0.717) is 36.8 Å². The number of hydrogen-bond acceptors (Lipinski definition) is 4. The van der Waals surface area contributed by atoms with Crippen LogP contribution < -0.4 is 5.32 Å². The highest BCUT2D eigenvalue weighted by atomic mass is 32.1. The van der Waals surface area contributed by atoms with E-state index in [1.807, 2.05) is 6.92 Å². The monoisotopic (exact) mass is 370 g/mol. The molecular formula is C17H17F3N2O2S. The van der Waals surface area contributed by atoms with Gasteiger partial charge in [-0.05, 0) is 31.4 Å². The standard InChI is InChI=1S/C17H17F3N2O2S/c1-11-10-21-15(25-11)22-14(23)16(5-7-24-8-6-16)12-3-2-4-13(9-12)17(18,19)20/h2-4,9-10H,5-8H2,1H3,(H,21,22,23). The second-order valence-corrected chi connectivity index (χ2v) is 7.24. The molecule has 0 unspecified atom stereocenters. The summed E-state index contributed by atoms with van der Waals surface area (Å²) in [7, 11) is 0. The van der Waals surface area contributed by atoms with Crippen molar-refractivity contribution in [1.82, 2.24) is 4.98 Å². The minimum absolute atomic E-state index is 0.320. The van der Waals surface area contributed by atoms with Gasteiger partial charge in [0.25, 0.3) is 0 Å². The summed E-state index contributed by atoms with van der Waals surface area (Å²) in [5, 5.41) is 3.21. The Balaban J connectivity index is 1.97. The van der Waals surface area contributed by atoms with Gasteiger partial charge in [0.15, 0.2) is 5.13 Å². The normalized spacial score (nSPS) is 17.3. The van der Waals surface area contributed by atoms with Crippen molar-refractivity contribution in [3.8, 4) is 0 Å². The zero-order valence-electron chi connectivity index (χ0n) is 13.5. The number of benzene rings is 1. The molecule has 3 rings (SSSR count). The second-order valence-electron chi connectivity index (χ2n) is 6.00. The van der Waals surface area contributed by atoms with Crippen LogP contribution in [0.1, 0.15) is 28.8 Å². The second kappa shape index (κ2) is 6.76. The summed E-state index contributed by atoms with van der Waals surface area (Å²) >= 11 is 1.33. The molecule has 1 fully saturated rings. The molecule has 2 aromatic rings. The SMILES string of the molecule is Cc1cnc(NC(=O)C2(c3cccc(C(F)(F)F)c3)CCOCC2)s1. The van der Waals surface area contributed by atoms with Crippen molar-refractivity contribution in [1.29, 1.82) is 0 Å². The topological polar surface area (TPSA) is 51.2 Å². The van der Waals surface area contributed by atoms with E-state index in [1.54, 1.807) is 12.3 Å². The maximum atomic E-state index is 13.1. The number of hydrogen-bond donors (Lipinski definition) is 1. The lowest BCUT2D eigenvalue weighted by Gasteiger charge is -2.36. The summed E-state index contributed by atoms with van der Waals surface area (Å²) in [4.78, 5) is 18.0. The number of carbonyl (C=O) groups is 1. The first-order chi connectivity index (χ1) is 11.8. The fourth-order valence-electron chi connectivity index (χ4n) is 2.99. The maximum Gasteiger partial charge on any atom is 0.416 e. The Kier molecular flexibility index (Phi) is 4.83. The summed E-state index contributed by atoms with van der Waals surface area (Å²) in [6, 6.07) is 5.00. The van der Waals surface area contributed by atoms with Gasteiger partial charge in [-0.1, -0.05) is 18.2 Å². The molecule has 1 N–H and O–H groups in total. The van der Waals surface area contributed by atoms with Crippen LogP contribution in [-0.2, 0) is 21.1 Å². The molecule has 4 nitrogen and oxygen atoms in total. The highest BCUT2D eigenvalue weighted by molar-refractivity contribution is 7.15. The number of amides is 1. The van der Waals surface area contributed by atoms with Gasteiger partial charge in [-0.25, -0.2) is 4.98 Å². The van der Waals surface area contributed by atoms with Gasteiger partial charge in [-0.2, -0.15) is 13.2 Å². The molecule has 1 saturated heterocycles. The molecule has 1 aromatic carbocycles. The van der Waals surface area contributed by atoms with Crippen molar-refractivity contribution in [3.05, 3.63) is 46.5 Å². The van der Waals surface area contributed by atoms with Gasteiger partial charge < -0.3 is 10.1 Å². The van der Waals surface area contributed by atoms with Gasteiger partial charge in [0.2, 0.25) is 5.91 Å². The molecule has 1 aliphatic rings. The van der Waals surface area contributed by atoms with Gasteiger partial charge in [-0.3, -0.25) is 4.79 Å². The smallest absolute Gasteiger partial charge is 0.381 e. The lowest BCUT2D eigenvalue weighted by atomic mass is 9.73. The van der Waals surface area contributed by atoms with Crippen molar-refractivity contribution < 1.29 is 22.7 Å². The molecule has 1 aliphatic heterocycles. The van der Waals surface area contributed by atoms with E-state index in [1.165, 1.54) is 17.4 Å². The fourth-order valence-corrected chi connectivity index (χ4v) is 3.65. The number of nitrogens with zero attached hydrogens (tertiary/aromatic N) is 1. The molecule has 0 saturated carbocycles. The first-order valence-corrected chi connectivity index (χ1v) is 8.62. The zero-order chi connectivity index (χ0) is 18.1. The molecule has 25 heavy (non-hydrogen) atoms. The number of carbonyl (C=O) groups excluding carboxylic acids is 1. The number of halogens is 3. The van der Waals surface area contributed by atoms with Gasteiger partial charge in [0.05, 0.1) is 11.0 Å². The minimum atomic E-state index is -4.45. The van der Waals surface area contributed by atoms with Crippen LogP contribution >= 0.6 is 11.3 Å². The van der Waals surface area contributed by atoms with Crippen molar-refractivity contribution in [2.24, 2.45) is 0 Å². The lowest BCUT2D eigenvalue weighted by Crippen LogP contribution is -2.45. The molecule has 0 spiro atoms. The summed E-state index contributed by atoms with van der Waals surface area (Å²) in [5.74, 6) is -0.343. The quantitative estimate of drug-likeness (QED) is 0.883. The van der Waals surface area contributed by atoms with Crippen molar-refractivity contribution in [3.63, 3.8) is 0 Å². The number of aromatic nitrogens is 1. The number of nitrogens with one attached hydrogen (secondary N) is 1. The molecular weight excluding hydrogens is 353 g/mol. The van der Waals surface area contributed by atoms with E-state index in [4.69, 9.17) is 4.74 Å². The Labute approximate surface area is 147 Å². The van der Waals surface area contributed by atoms with E-state index in [9.17, 15) is 18.0 Å². The van der Waals surface area contributed by atoms with Gasteiger partial charge in [-0.15, -0.1) is 11.3 Å². The number of rotatable bonds is 3. The number of aryl methyl sites for hydroxylation is 1. The predicted molar refractivity (Wildman–Crippen MR) is 88.7 cm³/mol. The Morgan fingerprint density at radius 2 is 2.04 bits per heavy atom. The summed E-state index contributed by atoms with van der Waals surface area (Å²) in [6.07, 6.45) is -2.17. The third-order valence-electron chi connectivity index (χ3n) is 4.37. The van der Waals surface area contributed by atoms with Crippen LogP contribution in [0.25, 0.3) is 0 Å². The van der Waals surface area contributed by atoms with Crippen LogP contribution in [0.15, 0.2) is 30.5 Å². The summed E-state index contributed by atoms with van der Waals surface area (Å²) in [6.45, 7) is 2.51. The van der Waals surface area contributed by atoms with E-state index < -0.39 is 17.2 Å². The van der Waals surface area contributed by atoms with E-state index in [0.717, 1.165) is 17.0 Å². The van der Waals surface area contributed by atoms with Crippen LogP contribution in [0.5, 0.6) is 0 Å². The number of thiazole rings is 1. The molecule has 2 heterocycles. The largest absolute Gasteiger partial charge is 0.416 e. The van der Waals surface area contributed by atoms with Crippen LogP contribution in [0.3, 0.4) is 0 Å². The number of alkyl halides is 3. The first-order valence-electron chi connectivity index (χ1n) is 7.81. The minimum Gasteiger partial charge on any atom is -0.381 e. The third-order valence-corrected chi connectivity index (χ3v) is 5.19. The Hall–Kier alpha value is -1.93. The zero-order valence-corrected chi connectivity index (χ0v) is 14.3. The van der Waals surface area contributed by atoms with Crippen LogP contribution in [0, 0.1) is 6.92 Å². The van der Waals surface area contributed by atoms with E-state index >= 15 is 0 Å². The van der Waals surface area contributed by atoms with Gasteiger partial charge >= 0.3 is 6.18 Å². The Morgan fingerprint density at radius 3 is 2.64 bits per heavy atom. The molecule has 8 heteroatoms. The average Bonchev–Trinajstić information content (AvgIpc) is 2.99. The molecule has 1 aromatic heterocycles. The van der Waals surface area contributed by atoms with Crippen LogP contribution in [0.2, 0.25) is 0 Å². The predicted octanol–water partition coefficient (Wildman–Crippen LogP) is 4.16. The first kappa shape index (κ1) is 17.9. The van der Waals surface area contributed by atoms with Gasteiger partial charge in [0.1, 0.15) is 0 Å². The van der Waals surface area contributed by atoms with Crippen molar-refractivity contribution in [2.45, 2.75) is 31.4 Å². The number of anilines is 1. The molecule has 0 radical (unpaired) electrons. The van der Waals surface area contributed by atoms with Crippen molar-refractivity contribution in [2.75, 3.05) is 18.5 Å². The van der Waals surface area contributed by atoms with Crippen LogP contribution in [0.4, 0.5) is 18.3 Å². The number of ether oxygens (including phenoxy) is 1. The fraction of sp³-hybridized carbons (Fsp3) is 0.412. The van der Waals surface area contributed by atoms with E-state index in [-0.39, 0.29) is 5.91 Å². The maximum absolute atomic E-state index is 13.1. The third kappa shape index (κ3) is 3.69. The molecule has 1 amide bonds. The molecule has 0 aliphatic carbocycles. The van der Waals surface area contributed by atoms with Gasteiger partial charge in [0, 0.05) is 24.3 Å². The lowest BCUT2D eigenvalue weighted by molar-refractivity contribution is -0.138. The summed E-state index contributed by atoms with van der Waals surface area (Å²) in [5.41, 5.74) is -1.45. The average molecular weight is 370 g/mol. The Bertz CT molecular complexity index is 767. The molecule has 0 bridgehead atoms. The molecule has 0 atom stereocenters. The van der Waals surface area contributed by atoms with Crippen molar-refractivity contribution >= 4 is 22.4 Å². The molecule has 134 valence electrons. The van der Waals surface area contributed by atoms with Crippen LogP contribution in [-0.4, -0.2) is 24.1 Å². The van der Waals surface area contributed by atoms with E-state index in [2.05, 4.69) is 10.3 Å². The Morgan fingerprint density at radius 1 is 1.32 bits per heavy atom.